The highest BCUT2D eigenvalue weighted by atomic mass is 19.1. The number of benzene rings is 1. The highest BCUT2D eigenvalue weighted by molar-refractivity contribution is 5.93. The van der Waals surface area contributed by atoms with E-state index < -0.39 is 5.54 Å². The second-order valence-corrected chi connectivity index (χ2v) is 11.7. The monoisotopic (exact) mass is 513 g/mol. The van der Waals surface area contributed by atoms with Gasteiger partial charge in [0.25, 0.3) is 0 Å². The predicted molar refractivity (Wildman–Crippen MR) is 144 cm³/mol. The molecule has 7 nitrogen and oxygen atoms in total. The number of nitrogens with zero attached hydrogens (tertiary/aromatic N) is 2. The zero-order valence-corrected chi connectivity index (χ0v) is 22.6. The number of fused-ring (bicyclic) bond motifs is 1. The zero-order chi connectivity index (χ0) is 26.0. The number of halogens is 1. The van der Waals surface area contributed by atoms with Crippen molar-refractivity contribution >= 4 is 17.6 Å². The number of aryl methyl sites for hydroxylation is 1. The van der Waals surface area contributed by atoms with E-state index in [0.717, 1.165) is 88.8 Å². The lowest BCUT2D eigenvalue weighted by molar-refractivity contribution is -0.128. The van der Waals surface area contributed by atoms with Crippen LogP contribution in [0.2, 0.25) is 0 Å². The van der Waals surface area contributed by atoms with E-state index in [-0.39, 0.29) is 29.7 Å². The summed E-state index contributed by atoms with van der Waals surface area (Å²) in [6.45, 7) is 7.85. The number of nitrogens with one attached hydrogen (secondary N) is 3. The topological polar surface area (TPSA) is 76.7 Å². The van der Waals surface area contributed by atoms with Gasteiger partial charge in [-0.05, 0) is 69.9 Å². The van der Waals surface area contributed by atoms with Crippen LogP contribution >= 0.6 is 0 Å². The summed E-state index contributed by atoms with van der Waals surface area (Å²) in [4.78, 5) is 30.7. The quantitative estimate of drug-likeness (QED) is 0.552. The second kappa shape index (κ2) is 11.2. The van der Waals surface area contributed by atoms with Crippen molar-refractivity contribution in [1.82, 2.24) is 20.4 Å². The predicted octanol–water partition coefficient (Wildman–Crippen LogP) is 4.20. The van der Waals surface area contributed by atoms with Crippen LogP contribution < -0.4 is 16.0 Å². The molecule has 0 bridgehead atoms. The minimum atomic E-state index is -0.763. The molecule has 3 amide bonds. The van der Waals surface area contributed by atoms with E-state index in [1.807, 2.05) is 24.8 Å². The van der Waals surface area contributed by atoms with Gasteiger partial charge in [0.15, 0.2) is 0 Å². The molecule has 0 radical (unpaired) electrons. The Labute approximate surface area is 220 Å². The normalized spacial score (nSPS) is 28.9. The van der Waals surface area contributed by atoms with Crippen LogP contribution in [0.15, 0.2) is 12.1 Å². The summed E-state index contributed by atoms with van der Waals surface area (Å²) in [5.74, 6) is 0.0679. The number of amides is 3. The average molecular weight is 514 g/mol. The molecule has 2 aliphatic heterocycles. The van der Waals surface area contributed by atoms with Crippen LogP contribution in [0.4, 0.5) is 14.9 Å². The van der Waals surface area contributed by atoms with Crippen LogP contribution in [0.1, 0.15) is 75.8 Å². The van der Waals surface area contributed by atoms with Crippen molar-refractivity contribution in [2.75, 3.05) is 38.0 Å². The van der Waals surface area contributed by atoms with Crippen molar-refractivity contribution in [1.29, 1.82) is 0 Å². The number of anilines is 1. The molecule has 3 fully saturated rings. The number of rotatable bonds is 5. The summed E-state index contributed by atoms with van der Waals surface area (Å²) >= 11 is 0. The third kappa shape index (κ3) is 5.31. The van der Waals surface area contributed by atoms with Crippen LogP contribution in [0, 0.1) is 18.7 Å². The standard InChI is InChI=1S/C29H44FN5O2/c1-3-31-28(37)35-16-14-34(15-17-35)23-11-7-10-22(18-23)32-27(36)29(21-8-5-4-6-9-21)19-24-25(30)13-12-20(2)26(24)33-29/h12-13,21-23,33H,3-11,14-19H2,1-2H3,(H,31,37)(H,32,36)/t22-,23?,29?/m1/s1. The molecule has 8 heteroatoms. The van der Waals surface area contributed by atoms with Crippen LogP contribution in [-0.4, -0.2) is 72.1 Å². The van der Waals surface area contributed by atoms with E-state index >= 15 is 0 Å². The molecule has 0 aromatic heterocycles. The molecule has 2 aliphatic carbocycles. The van der Waals surface area contributed by atoms with Gasteiger partial charge in [0.2, 0.25) is 5.91 Å². The summed E-state index contributed by atoms with van der Waals surface area (Å²) in [5, 5.41) is 9.97. The van der Waals surface area contributed by atoms with Gasteiger partial charge in [-0.1, -0.05) is 25.3 Å². The largest absolute Gasteiger partial charge is 0.370 e. The van der Waals surface area contributed by atoms with E-state index in [1.165, 1.54) is 6.42 Å². The fraction of sp³-hybridized carbons (Fsp3) is 0.724. The number of carbonyl (C=O) groups excluding carboxylic acids is 2. The Morgan fingerprint density at radius 1 is 1.05 bits per heavy atom. The van der Waals surface area contributed by atoms with Gasteiger partial charge in [-0.3, -0.25) is 9.69 Å². The van der Waals surface area contributed by atoms with E-state index in [9.17, 15) is 14.0 Å². The molecule has 1 saturated heterocycles. The van der Waals surface area contributed by atoms with Gasteiger partial charge in [0.1, 0.15) is 11.4 Å². The highest BCUT2D eigenvalue weighted by Crippen LogP contribution is 2.45. The lowest BCUT2D eigenvalue weighted by Crippen LogP contribution is -2.60. The van der Waals surface area contributed by atoms with Crippen LogP contribution in [0.5, 0.6) is 0 Å². The summed E-state index contributed by atoms with van der Waals surface area (Å²) in [6.07, 6.45) is 10.1. The molecule has 2 saturated carbocycles. The Morgan fingerprint density at radius 2 is 1.81 bits per heavy atom. The Kier molecular flexibility index (Phi) is 7.93. The molecule has 5 rings (SSSR count). The minimum Gasteiger partial charge on any atom is -0.370 e. The minimum absolute atomic E-state index is 0.0284. The number of hydrogen-bond donors (Lipinski definition) is 3. The lowest BCUT2D eigenvalue weighted by Gasteiger charge is -2.44. The van der Waals surface area contributed by atoms with Crippen molar-refractivity contribution in [3.63, 3.8) is 0 Å². The molecule has 1 aromatic rings. The van der Waals surface area contributed by atoms with E-state index in [1.54, 1.807) is 6.07 Å². The molecule has 2 heterocycles. The molecular weight excluding hydrogens is 469 g/mol. The fourth-order valence-electron chi connectivity index (χ4n) is 7.29. The van der Waals surface area contributed by atoms with Crippen LogP contribution in [0.25, 0.3) is 0 Å². The van der Waals surface area contributed by atoms with Crippen molar-refractivity contribution in [3.05, 3.63) is 29.1 Å². The van der Waals surface area contributed by atoms with Crippen molar-refractivity contribution in [2.45, 2.75) is 95.7 Å². The first kappa shape index (κ1) is 26.3. The molecule has 3 atom stereocenters. The number of hydrogen-bond acceptors (Lipinski definition) is 4. The summed E-state index contributed by atoms with van der Waals surface area (Å²) in [7, 11) is 0. The van der Waals surface area contributed by atoms with Gasteiger partial charge >= 0.3 is 6.03 Å². The first-order valence-electron chi connectivity index (χ1n) is 14.5. The molecule has 0 spiro atoms. The van der Waals surface area contributed by atoms with E-state index in [4.69, 9.17) is 0 Å². The lowest BCUT2D eigenvalue weighted by atomic mass is 9.72. The van der Waals surface area contributed by atoms with E-state index in [2.05, 4.69) is 20.9 Å². The molecule has 2 unspecified atom stereocenters. The number of piperazine rings is 1. The Balaban J connectivity index is 1.26. The fourth-order valence-corrected chi connectivity index (χ4v) is 7.29. The third-order valence-corrected chi connectivity index (χ3v) is 9.40. The number of urea groups is 1. The van der Waals surface area contributed by atoms with Crippen molar-refractivity contribution in [2.24, 2.45) is 5.92 Å². The molecule has 204 valence electrons. The molecule has 4 aliphatic rings. The van der Waals surface area contributed by atoms with Gasteiger partial charge in [-0.15, -0.1) is 0 Å². The second-order valence-electron chi connectivity index (χ2n) is 11.7. The van der Waals surface area contributed by atoms with Gasteiger partial charge in [-0.2, -0.15) is 0 Å². The van der Waals surface area contributed by atoms with Gasteiger partial charge in [0.05, 0.1) is 0 Å². The maximum Gasteiger partial charge on any atom is 0.317 e. The maximum absolute atomic E-state index is 14.9. The molecule has 3 N–H and O–H groups in total. The summed E-state index contributed by atoms with van der Waals surface area (Å²) in [6, 6.07) is 3.94. The van der Waals surface area contributed by atoms with Gasteiger partial charge in [0, 0.05) is 62.5 Å². The molecular formula is C29H44FN5O2. The molecule has 1 aromatic carbocycles. The van der Waals surface area contributed by atoms with Crippen molar-refractivity contribution < 1.29 is 14.0 Å². The smallest absolute Gasteiger partial charge is 0.317 e. The van der Waals surface area contributed by atoms with Crippen molar-refractivity contribution in [3.8, 4) is 0 Å². The average Bonchev–Trinajstić information content (AvgIpc) is 3.36. The maximum atomic E-state index is 14.9. The Bertz CT molecular complexity index is 956. The van der Waals surface area contributed by atoms with E-state index in [0.29, 0.717) is 24.6 Å². The third-order valence-electron chi connectivity index (χ3n) is 9.40. The van der Waals surface area contributed by atoms with Crippen LogP contribution in [-0.2, 0) is 11.2 Å². The number of carbonyl (C=O) groups is 2. The summed E-state index contributed by atoms with van der Waals surface area (Å²) in [5.41, 5.74) is 1.74. The molecule has 37 heavy (non-hydrogen) atoms. The first-order valence-corrected chi connectivity index (χ1v) is 14.5. The Morgan fingerprint density at radius 3 is 2.51 bits per heavy atom. The van der Waals surface area contributed by atoms with Crippen LogP contribution in [0.3, 0.4) is 0 Å². The zero-order valence-electron chi connectivity index (χ0n) is 22.6. The van der Waals surface area contributed by atoms with Gasteiger partial charge in [-0.25, -0.2) is 9.18 Å². The Hall–Kier alpha value is -2.35. The van der Waals surface area contributed by atoms with Gasteiger partial charge < -0.3 is 20.9 Å². The highest BCUT2D eigenvalue weighted by Gasteiger charge is 2.51. The summed E-state index contributed by atoms with van der Waals surface area (Å²) < 4.78 is 14.9. The SMILES string of the molecule is CCNC(=O)N1CCN(C2CCC[C@@H](NC(=O)C3(C4CCCCC4)Cc4c(F)ccc(C)c4N3)C2)CC1. The first-order chi connectivity index (χ1) is 17.9.